The Hall–Kier alpha value is -1.98. The van der Waals surface area contributed by atoms with Gasteiger partial charge in [-0.2, -0.15) is 0 Å². The van der Waals surface area contributed by atoms with Gasteiger partial charge in [0, 0.05) is 16.0 Å². The van der Waals surface area contributed by atoms with Crippen molar-refractivity contribution in [3.8, 4) is 11.8 Å². The molecule has 2 rings (SSSR count). The van der Waals surface area contributed by atoms with Crippen molar-refractivity contribution in [3.05, 3.63) is 65.7 Å². The minimum atomic E-state index is 0.680. The summed E-state index contributed by atoms with van der Waals surface area (Å²) in [4.78, 5) is 11.8. The fourth-order valence-corrected chi connectivity index (χ4v) is 2.24. The van der Waals surface area contributed by atoms with Crippen LogP contribution in [0.5, 0.6) is 0 Å². The van der Waals surface area contributed by atoms with Crippen molar-refractivity contribution in [3.63, 3.8) is 0 Å². The molecule has 0 N–H and O–H groups in total. The zero-order chi connectivity index (χ0) is 12.6. The van der Waals surface area contributed by atoms with E-state index < -0.39 is 0 Å². The molecular formula is C16H12OS. The fraction of sp³-hybridized carbons (Fsp3) is 0.0625. The Morgan fingerprint density at radius 1 is 1.00 bits per heavy atom. The molecule has 0 heterocycles. The van der Waals surface area contributed by atoms with Gasteiger partial charge in [0.25, 0.3) is 0 Å². The Morgan fingerprint density at radius 2 is 1.72 bits per heavy atom. The molecule has 88 valence electrons. The average molecular weight is 252 g/mol. The van der Waals surface area contributed by atoms with Gasteiger partial charge in [-0.15, -0.1) is 11.8 Å². The Balaban J connectivity index is 1.97. The first-order valence-corrected chi connectivity index (χ1v) is 6.59. The lowest BCUT2D eigenvalue weighted by Crippen LogP contribution is -1.84. The monoisotopic (exact) mass is 252 g/mol. The number of carbonyl (C=O) groups is 1. The molecule has 0 amide bonds. The summed E-state index contributed by atoms with van der Waals surface area (Å²) in [6.07, 6.45) is 0.882. The fourth-order valence-electron chi connectivity index (χ4n) is 1.48. The molecule has 1 nitrogen and oxygen atoms in total. The number of benzene rings is 2. The molecule has 0 aliphatic rings. The van der Waals surface area contributed by atoms with E-state index in [0.29, 0.717) is 5.75 Å². The van der Waals surface area contributed by atoms with Crippen LogP contribution in [-0.2, 0) is 0 Å². The third-order valence-electron chi connectivity index (χ3n) is 2.35. The standard InChI is InChI=1S/C16H12OS/c17-13-15-10-4-5-11-16(15)18-12-6-9-14-7-2-1-3-8-14/h1-5,7-8,10-11,13H,12H2. The van der Waals surface area contributed by atoms with Crippen LogP contribution in [0.3, 0.4) is 0 Å². The summed E-state index contributed by atoms with van der Waals surface area (Å²) in [5.74, 6) is 6.87. The smallest absolute Gasteiger partial charge is 0.151 e. The lowest BCUT2D eigenvalue weighted by atomic mass is 10.2. The summed E-state index contributed by atoms with van der Waals surface area (Å²) in [5, 5.41) is 0. The van der Waals surface area contributed by atoms with Gasteiger partial charge in [-0.3, -0.25) is 4.79 Å². The van der Waals surface area contributed by atoms with Gasteiger partial charge in [0.1, 0.15) is 0 Å². The summed E-state index contributed by atoms with van der Waals surface area (Å²) < 4.78 is 0. The minimum Gasteiger partial charge on any atom is -0.298 e. The molecule has 0 bridgehead atoms. The van der Waals surface area contributed by atoms with E-state index in [1.54, 1.807) is 11.8 Å². The molecule has 2 aromatic carbocycles. The second-order valence-electron chi connectivity index (χ2n) is 3.61. The molecule has 0 aromatic heterocycles. The van der Waals surface area contributed by atoms with Gasteiger partial charge in [-0.05, 0) is 18.2 Å². The van der Waals surface area contributed by atoms with E-state index in [2.05, 4.69) is 11.8 Å². The highest BCUT2D eigenvalue weighted by Crippen LogP contribution is 2.20. The summed E-state index contributed by atoms with van der Waals surface area (Å²) in [6, 6.07) is 17.4. The molecule has 0 fully saturated rings. The number of carbonyl (C=O) groups excluding carboxylic acids is 1. The number of aldehydes is 1. The van der Waals surface area contributed by atoms with E-state index in [9.17, 15) is 4.79 Å². The van der Waals surface area contributed by atoms with Crippen LogP contribution in [0.2, 0.25) is 0 Å². The van der Waals surface area contributed by atoms with Crippen molar-refractivity contribution in [1.82, 2.24) is 0 Å². The van der Waals surface area contributed by atoms with E-state index >= 15 is 0 Å². The largest absolute Gasteiger partial charge is 0.298 e. The molecule has 18 heavy (non-hydrogen) atoms. The van der Waals surface area contributed by atoms with Gasteiger partial charge in [-0.25, -0.2) is 0 Å². The Labute approximate surface area is 111 Å². The first kappa shape index (κ1) is 12.5. The van der Waals surface area contributed by atoms with Gasteiger partial charge in [0.05, 0.1) is 5.75 Å². The summed E-state index contributed by atoms with van der Waals surface area (Å²) in [7, 11) is 0. The van der Waals surface area contributed by atoms with Crippen LogP contribution in [-0.4, -0.2) is 12.0 Å². The predicted molar refractivity (Wildman–Crippen MR) is 75.9 cm³/mol. The maximum absolute atomic E-state index is 10.8. The maximum atomic E-state index is 10.8. The number of hydrogen-bond donors (Lipinski definition) is 0. The number of rotatable bonds is 3. The molecule has 0 atom stereocenters. The molecule has 2 heteroatoms. The van der Waals surface area contributed by atoms with Crippen LogP contribution in [0.15, 0.2) is 59.5 Å². The first-order chi connectivity index (χ1) is 8.90. The third kappa shape index (κ3) is 3.51. The molecule has 0 aliphatic heterocycles. The molecule has 0 radical (unpaired) electrons. The zero-order valence-electron chi connectivity index (χ0n) is 9.80. The highest BCUT2D eigenvalue weighted by Gasteiger charge is 1.98. The summed E-state index contributed by atoms with van der Waals surface area (Å²) in [5.41, 5.74) is 1.74. The van der Waals surface area contributed by atoms with Crippen LogP contribution in [0, 0.1) is 11.8 Å². The van der Waals surface area contributed by atoms with Gasteiger partial charge in [-0.1, -0.05) is 48.2 Å². The minimum absolute atomic E-state index is 0.680. The van der Waals surface area contributed by atoms with Crippen molar-refractivity contribution in [1.29, 1.82) is 0 Å². The van der Waals surface area contributed by atoms with Crippen molar-refractivity contribution in [2.75, 3.05) is 5.75 Å². The van der Waals surface area contributed by atoms with Crippen LogP contribution in [0.25, 0.3) is 0 Å². The molecular weight excluding hydrogens is 240 g/mol. The quantitative estimate of drug-likeness (QED) is 0.471. The van der Waals surface area contributed by atoms with Crippen LogP contribution in [0.1, 0.15) is 15.9 Å². The van der Waals surface area contributed by atoms with Gasteiger partial charge < -0.3 is 0 Å². The summed E-state index contributed by atoms with van der Waals surface area (Å²) >= 11 is 1.59. The predicted octanol–water partition coefficient (Wildman–Crippen LogP) is 3.64. The van der Waals surface area contributed by atoms with Crippen molar-refractivity contribution >= 4 is 18.0 Å². The Bertz CT molecular complexity index is 579. The zero-order valence-corrected chi connectivity index (χ0v) is 10.6. The lowest BCUT2D eigenvalue weighted by Gasteiger charge is -1.99. The van der Waals surface area contributed by atoms with E-state index in [-0.39, 0.29) is 0 Å². The van der Waals surface area contributed by atoms with Crippen molar-refractivity contribution < 1.29 is 4.79 Å². The van der Waals surface area contributed by atoms with Gasteiger partial charge >= 0.3 is 0 Å². The molecule has 0 saturated heterocycles. The Morgan fingerprint density at radius 3 is 2.50 bits per heavy atom. The van der Waals surface area contributed by atoms with Crippen LogP contribution >= 0.6 is 11.8 Å². The van der Waals surface area contributed by atoms with Crippen molar-refractivity contribution in [2.45, 2.75) is 4.90 Å². The second-order valence-corrected chi connectivity index (χ2v) is 4.63. The molecule has 0 unspecified atom stereocenters. The van der Waals surface area contributed by atoms with Crippen LogP contribution < -0.4 is 0 Å². The molecule has 2 aromatic rings. The normalized spacial score (nSPS) is 9.33. The maximum Gasteiger partial charge on any atom is 0.151 e. The van der Waals surface area contributed by atoms with Crippen molar-refractivity contribution in [2.24, 2.45) is 0 Å². The highest BCUT2D eigenvalue weighted by atomic mass is 32.2. The van der Waals surface area contributed by atoms with E-state index in [1.807, 2.05) is 54.6 Å². The van der Waals surface area contributed by atoms with E-state index in [1.165, 1.54) is 0 Å². The third-order valence-corrected chi connectivity index (χ3v) is 3.32. The summed E-state index contributed by atoms with van der Waals surface area (Å²) in [6.45, 7) is 0. The SMILES string of the molecule is O=Cc1ccccc1SCC#Cc1ccccc1. The topological polar surface area (TPSA) is 17.1 Å². The first-order valence-electron chi connectivity index (χ1n) is 5.61. The average Bonchev–Trinajstić information content (AvgIpc) is 2.45. The van der Waals surface area contributed by atoms with Gasteiger partial charge in [0.2, 0.25) is 0 Å². The van der Waals surface area contributed by atoms with Gasteiger partial charge in [0.15, 0.2) is 6.29 Å². The van der Waals surface area contributed by atoms with E-state index in [4.69, 9.17) is 0 Å². The molecule has 0 saturated carbocycles. The lowest BCUT2D eigenvalue weighted by molar-refractivity contribution is 0.112. The van der Waals surface area contributed by atoms with Crippen LogP contribution in [0.4, 0.5) is 0 Å². The molecule has 0 aliphatic carbocycles. The molecule has 0 spiro atoms. The highest BCUT2D eigenvalue weighted by molar-refractivity contribution is 7.99. The Kier molecular flexibility index (Phi) is 4.63. The number of thioether (sulfide) groups is 1. The number of hydrogen-bond acceptors (Lipinski definition) is 2. The second kappa shape index (κ2) is 6.68. The van der Waals surface area contributed by atoms with E-state index in [0.717, 1.165) is 22.3 Å².